The summed E-state index contributed by atoms with van der Waals surface area (Å²) in [5.41, 5.74) is 1.80. The molecular formula is C17H17N3O3S. The minimum absolute atomic E-state index is 0.0509. The summed E-state index contributed by atoms with van der Waals surface area (Å²) >= 11 is 1.46. The van der Waals surface area contributed by atoms with E-state index in [0.29, 0.717) is 24.7 Å². The molecule has 7 heteroatoms. The zero-order valence-corrected chi connectivity index (χ0v) is 14.0. The number of rotatable bonds is 4. The van der Waals surface area contributed by atoms with Gasteiger partial charge in [0.25, 0.3) is 5.56 Å². The zero-order valence-electron chi connectivity index (χ0n) is 13.2. The van der Waals surface area contributed by atoms with E-state index in [1.165, 1.54) is 11.3 Å². The highest BCUT2D eigenvalue weighted by molar-refractivity contribution is 7.15. The van der Waals surface area contributed by atoms with Crippen molar-refractivity contribution in [3.8, 4) is 11.5 Å². The zero-order chi connectivity index (χ0) is 16.5. The Hall–Kier alpha value is -2.38. The van der Waals surface area contributed by atoms with Crippen LogP contribution in [-0.4, -0.2) is 22.6 Å². The van der Waals surface area contributed by atoms with Crippen LogP contribution in [0.3, 0.4) is 0 Å². The largest absolute Gasteiger partial charge is 0.486 e. The third-order valence-corrected chi connectivity index (χ3v) is 4.77. The average Bonchev–Trinajstić information content (AvgIpc) is 3.08. The van der Waals surface area contributed by atoms with Crippen molar-refractivity contribution in [1.29, 1.82) is 0 Å². The van der Waals surface area contributed by atoms with Gasteiger partial charge in [0.15, 0.2) is 16.5 Å². The van der Waals surface area contributed by atoms with E-state index in [4.69, 9.17) is 9.47 Å². The second kappa shape index (κ2) is 6.26. The lowest BCUT2D eigenvalue weighted by atomic mass is 10.1. The van der Waals surface area contributed by atoms with Crippen molar-refractivity contribution in [3.05, 3.63) is 57.5 Å². The third kappa shape index (κ3) is 2.88. The standard InChI is InChI=1S/C17H17N3O3S/c1-11(12-2-3-14-15(8-12)23-6-5-22-14)18-10-13-9-16(21)20-4-7-24-17(20)19-13/h2-4,7-9,11,18H,5-6,10H2,1H3/t11-/m0/s1. The molecule has 1 aliphatic rings. The van der Waals surface area contributed by atoms with Gasteiger partial charge in [-0.25, -0.2) is 4.98 Å². The fraction of sp³-hybridized carbons (Fsp3) is 0.294. The number of ether oxygens (including phenoxy) is 2. The number of hydrogen-bond acceptors (Lipinski definition) is 6. The topological polar surface area (TPSA) is 64.9 Å². The van der Waals surface area contributed by atoms with Crippen molar-refractivity contribution in [2.75, 3.05) is 13.2 Å². The van der Waals surface area contributed by atoms with Crippen LogP contribution in [0.2, 0.25) is 0 Å². The van der Waals surface area contributed by atoms with E-state index in [1.807, 2.05) is 23.6 Å². The lowest BCUT2D eigenvalue weighted by Gasteiger charge is -2.21. The third-order valence-electron chi connectivity index (χ3n) is 4.01. The molecule has 0 spiro atoms. The molecule has 0 saturated carbocycles. The number of fused-ring (bicyclic) bond motifs is 2. The maximum atomic E-state index is 12.0. The minimum Gasteiger partial charge on any atom is -0.486 e. The molecule has 124 valence electrons. The molecule has 1 N–H and O–H groups in total. The summed E-state index contributed by atoms with van der Waals surface area (Å²) in [7, 11) is 0. The minimum atomic E-state index is -0.0509. The highest BCUT2D eigenvalue weighted by Gasteiger charge is 2.14. The van der Waals surface area contributed by atoms with Crippen molar-refractivity contribution in [3.63, 3.8) is 0 Å². The van der Waals surface area contributed by atoms with E-state index in [-0.39, 0.29) is 11.6 Å². The van der Waals surface area contributed by atoms with E-state index in [9.17, 15) is 4.79 Å². The van der Waals surface area contributed by atoms with Gasteiger partial charge in [-0.2, -0.15) is 0 Å². The van der Waals surface area contributed by atoms with Crippen molar-refractivity contribution >= 4 is 16.3 Å². The van der Waals surface area contributed by atoms with E-state index in [0.717, 1.165) is 22.8 Å². The van der Waals surface area contributed by atoms with E-state index in [1.54, 1.807) is 16.7 Å². The van der Waals surface area contributed by atoms with Crippen molar-refractivity contribution in [2.45, 2.75) is 19.5 Å². The summed E-state index contributed by atoms with van der Waals surface area (Å²) in [5, 5.41) is 5.26. The van der Waals surface area contributed by atoms with Gasteiger partial charge >= 0.3 is 0 Å². The van der Waals surface area contributed by atoms with Gasteiger partial charge in [0, 0.05) is 30.2 Å². The van der Waals surface area contributed by atoms with Gasteiger partial charge in [-0.3, -0.25) is 9.20 Å². The molecule has 3 aromatic rings. The van der Waals surface area contributed by atoms with E-state index < -0.39 is 0 Å². The highest BCUT2D eigenvalue weighted by atomic mass is 32.1. The molecule has 6 nitrogen and oxygen atoms in total. The second-order valence-electron chi connectivity index (χ2n) is 5.65. The summed E-state index contributed by atoms with van der Waals surface area (Å²) in [6.07, 6.45) is 1.74. The Labute approximate surface area is 142 Å². The molecule has 2 aromatic heterocycles. The van der Waals surface area contributed by atoms with E-state index in [2.05, 4.69) is 17.2 Å². The molecule has 1 aromatic carbocycles. The summed E-state index contributed by atoms with van der Waals surface area (Å²) in [6, 6.07) is 7.63. The summed E-state index contributed by atoms with van der Waals surface area (Å²) in [5.74, 6) is 1.57. The van der Waals surface area contributed by atoms with Crippen LogP contribution in [0.25, 0.3) is 4.96 Å². The van der Waals surface area contributed by atoms with Gasteiger partial charge in [0.05, 0.1) is 5.69 Å². The highest BCUT2D eigenvalue weighted by Crippen LogP contribution is 2.32. The SMILES string of the molecule is C[C@H](NCc1cc(=O)n2ccsc2n1)c1ccc2c(c1)OCCO2. The smallest absolute Gasteiger partial charge is 0.258 e. The molecule has 0 bridgehead atoms. The van der Waals surface area contributed by atoms with Crippen molar-refractivity contribution in [2.24, 2.45) is 0 Å². The molecule has 24 heavy (non-hydrogen) atoms. The maximum absolute atomic E-state index is 12.0. The average molecular weight is 343 g/mol. The maximum Gasteiger partial charge on any atom is 0.258 e. The van der Waals surface area contributed by atoms with Gasteiger partial charge < -0.3 is 14.8 Å². The molecule has 0 radical (unpaired) electrons. The summed E-state index contributed by atoms with van der Waals surface area (Å²) in [6.45, 7) is 3.76. The lowest BCUT2D eigenvalue weighted by molar-refractivity contribution is 0.171. The number of nitrogens with one attached hydrogen (secondary N) is 1. The predicted molar refractivity (Wildman–Crippen MR) is 92.0 cm³/mol. The molecule has 0 fully saturated rings. The molecule has 1 aliphatic heterocycles. The fourth-order valence-corrected chi connectivity index (χ4v) is 3.42. The molecule has 0 amide bonds. The quantitative estimate of drug-likeness (QED) is 0.788. The van der Waals surface area contributed by atoms with Crippen molar-refractivity contribution < 1.29 is 9.47 Å². The number of benzene rings is 1. The predicted octanol–water partition coefficient (Wildman–Crippen LogP) is 2.38. The van der Waals surface area contributed by atoms with Gasteiger partial charge in [-0.05, 0) is 24.6 Å². The molecule has 3 heterocycles. The first-order valence-electron chi connectivity index (χ1n) is 7.79. The Morgan fingerprint density at radius 2 is 2.12 bits per heavy atom. The monoisotopic (exact) mass is 343 g/mol. The Balaban J connectivity index is 1.49. The van der Waals surface area contributed by atoms with Crippen LogP contribution in [0.4, 0.5) is 0 Å². The molecule has 0 saturated heterocycles. The van der Waals surface area contributed by atoms with Crippen LogP contribution >= 0.6 is 11.3 Å². The van der Waals surface area contributed by atoms with Crippen molar-refractivity contribution in [1.82, 2.24) is 14.7 Å². The Kier molecular flexibility index (Phi) is 3.95. The van der Waals surface area contributed by atoms with Crippen LogP contribution in [0.1, 0.15) is 24.2 Å². The van der Waals surface area contributed by atoms with Gasteiger partial charge in [-0.15, -0.1) is 11.3 Å². The van der Waals surface area contributed by atoms with Crippen LogP contribution in [-0.2, 0) is 6.54 Å². The number of nitrogens with zero attached hydrogens (tertiary/aromatic N) is 2. The Bertz CT molecular complexity index is 934. The molecular weight excluding hydrogens is 326 g/mol. The first kappa shape index (κ1) is 15.2. The van der Waals surface area contributed by atoms with E-state index >= 15 is 0 Å². The lowest BCUT2D eigenvalue weighted by Crippen LogP contribution is -2.22. The van der Waals surface area contributed by atoms with Crippen LogP contribution < -0.4 is 20.3 Å². The fourth-order valence-electron chi connectivity index (χ4n) is 2.68. The molecule has 1 atom stereocenters. The van der Waals surface area contributed by atoms with Gasteiger partial charge in [0.1, 0.15) is 13.2 Å². The Morgan fingerprint density at radius 3 is 3.00 bits per heavy atom. The van der Waals surface area contributed by atoms with Crippen LogP contribution in [0.15, 0.2) is 40.6 Å². The van der Waals surface area contributed by atoms with Crippen LogP contribution in [0, 0.1) is 0 Å². The van der Waals surface area contributed by atoms with Gasteiger partial charge in [0.2, 0.25) is 0 Å². The normalized spacial score (nSPS) is 14.7. The molecule has 0 unspecified atom stereocenters. The molecule has 4 rings (SSSR count). The number of hydrogen-bond donors (Lipinski definition) is 1. The molecule has 0 aliphatic carbocycles. The Morgan fingerprint density at radius 1 is 1.29 bits per heavy atom. The first-order valence-corrected chi connectivity index (χ1v) is 8.67. The second-order valence-corrected chi connectivity index (χ2v) is 6.52. The first-order chi connectivity index (χ1) is 11.7. The van der Waals surface area contributed by atoms with Gasteiger partial charge in [-0.1, -0.05) is 6.07 Å². The van der Waals surface area contributed by atoms with Crippen LogP contribution in [0.5, 0.6) is 11.5 Å². The number of aromatic nitrogens is 2. The summed E-state index contributed by atoms with van der Waals surface area (Å²) in [4.78, 5) is 17.2. The summed E-state index contributed by atoms with van der Waals surface area (Å²) < 4.78 is 12.7. The number of thiazole rings is 1.